The Balaban J connectivity index is 1.47. The van der Waals surface area contributed by atoms with Crippen molar-refractivity contribution in [3.05, 3.63) is 94.8 Å². The zero-order valence-electron chi connectivity index (χ0n) is 14.3. The average Bonchev–Trinajstić information content (AvgIpc) is 2.69. The molecule has 2 aromatic carbocycles. The number of nitrogens with one attached hydrogen (secondary N) is 2. The lowest BCUT2D eigenvalue weighted by Gasteiger charge is -2.08. The molecule has 26 heavy (non-hydrogen) atoms. The fourth-order valence-electron chi connectivity index (χ4n) is 2.49. The van der Waals surface area contributed by atoms with Crippen molar-refractivity contribution >= 4 is 23.2 Å². The lowest BCUT2D eigenvalue weighted by Crippen LogP contribution is -2.26. The molecule has 1 heterocycles. The number of benzene rings is 2. The van der Waals surface area contributed by atoms with Crippen LogP contribution in [0.25, 0.3) is 0 Å². The second-order valence-corrected chi connectivity index (χ2v) is 6.34. The van der Waals surface area contributed by atoms with E-state index in [9.17, 15) is 4.79 Å². The van der Waals surface area contributed by atoms with Crippen LogP contribution < -0.4 is 10.6 Å². The standard InChI is InChI=1S/C21H20ClN3O/c22-18-8-6-17(7-9-18)14-24-19-10-11-20(25-15-19)21(26)23-13-12-16-4-2-1-3-5-16/h1-11,15,24H,12-14H2,(H,23,26). The molecule has 132 valence electrons. The predicted octanol–water partition coefficient (Wildman–Crippen LogP) is 4.32. The number of halogens is 1. The van der Waals surface area contributed by atoms with Crippen LogP contribution >= 0.6 is 11.6 Å². The van der Waals surface area contributed by atoms with E-state index in [4.69, 9.17) is 11.6 Å². The zero-order chi connectivity index (χ0) is 18.2. The summed E-state index contributed by atoms with van der Waals surface area (Å²) in [7, 11) is 0. The Kier molecular flexibility index (Phi) is 6.23. The summed E-state index contributed by atoms with van der Waals surface area (Å²) in [5.74, 6) is -0.162. The second-order valence-electron chi connectivity index (χ2n) is 5.90. The first-order valence-electron chi connectivity index (χ1n) is 8.47. The van der Waals surface area contributed by atoms with Crippen LogP contribution in [0.5, 0.6) is 0 Å². The molecule has 0 spiro atoms. The fourth-order valence-corrected chi connectivity index (χ4v) is 2.62. The molecule has 0 atom stereocenters. The first-order valence-corrected chi connectivity index (χ1v) is 8.85. The lowest BCUT2D eigenvalue weighted by molar-refractivity contribution is 0.0949. The van der Waals surface area contributed by atoms with Crippen molar-refractivity contribution in [1.29, 1.82) is 0 Å². The minimum atomic E-state index is -0.162. The number of nitrogens with zero attached hydrogens (tertiary/aromatic N) is 1. The van der Waals surface area contributed by atoms with Crippen molar-refractivity contribution in [1.82, 2.24) is 10.3 Å². The Hall–Kier alpha value is -2.85. The molecule has 5 heteroatoms. The molecule has 0 radical (unpaired) electrons. The highest BCUT2D eigenvalue weighted by Crippen LogP contribution is 2.12. The van der Waals surface area contributed by atoms with Crippen LogP contribution in [0.2, 0.25) is 5.02 Å². The number of carbonyl (C=O) groups excluding carboxylic acids is 1. The zero-order valence-corrected chi connectivity index (χ0v) is 15.0. The summed E-state index contributed by atoms with van der Waals surface area (Å²) in [5, 5.41) is 6.89. The van der Waals surface area contributed by atoms with Crippen LogP contribution in [0, 0.1) is 0 Å². The Morgan fingerprint density at radius 3 is 2.38 bits per heavy atom. The molecular formula is C21H20ClN3O. The highest BCUT2D eigenvalue weighted by Gasteiger charge is 2.06. The molecule has 0 aliphatic rings. The molecule has 2 N–H and O–H groups in total. The van der Waals surface area contributed by atoms with Crippen LogP contribution in [0.1, 0.15) is 21.6 Å². The molecule has 3 aromatic rings. The molecule has 0 bridgehead atoms. The van der Waals surface area contributed by atoms with E-state index in [-0.39, 0.29) is 5.91 Å². The van der Waals surface area contributed by atoms with E-state index in [0.29, 0.717) is 18.8 Å². The van der Waals surface area contributed by atoms with Crippen LogP contribution in [-0.4, -0.2) is 17.4 Å². The number of rotatable bonds is 7. The first-order chi connectivity index (χ1) is 12.7. The van der Waals surface area contributed by atoms with E-state index in [2.05, 4.69) is 15.6 Å². The molecule has 0 aliphatic carbocycles. The molecule has 4 nitrogen and oxygen atoms in total. The van der Waals surface area contributed by atoms with Crippen LogP contribution in [0.4, 0.5) is 5.69 Å². The van der Waals surface area contributed by atoms with Gasteiger partial charge in [0, 0.05) is 18.1 Å². The number of pyridine rings is 1. The Bertz CT molecular complexity index is 833. The van der Waals surface area contributed by atoms with E-state index >= 15 is 0 Å². The molecule has 0 fully saturated rings. The topological polar surface area (TPSA) is 54.0 Å². The Labute approximate surface area is 158 Å². The Morgan fingerprint density at radius 1 is 0.923 bits per heavy atom. The molecule has 0 aliphatic heterocycles. The normalized spacial score (nSPS) is 10.3. The molecule has 1 amide bonds. The molecule has 0 saturated heterocycles. The van der Waals surface area contributed by atoms with E-state index in [1.165, 1.54) is 5.56 Å². The minimum absolute atomic E-state index is 0.162. The van der Waals surface area contributed by atoms with Crippen molar-refractivity contribution < 1.29 is 4.79 Å². The highest BCUT2D eigenvalue weighted by atomic mass is 35.5. The molecule has 0 saturated carbocycles. The number of hydrogen-bond donors (Lipinski definition) is 2. The van der Waals surface area contributed by atoms with E-state index in [1.807, 2.05) is 60.7 Å². The van der Waals surface area contributed by atoms with Gasteiger partial charge < -0.3 is 10.6 Å². The number of anilines is 1. The highest BCUT2D eigenvalue weighted by molar-refractivity contribution is 6.30. The van der Waals surface area contributed by atoms with E-state index in [1.54, 1.807) is 12.3 Å². The van der Waals surface area contributed by atoms with Crippen molar-refractivity contribution in [2.24, 2.45) is 0 Å². The van der Waals surface area contributed by atoms with Crippen molar-refractivity contribution in [3.63, 3.8) is 0 Å². The van der Waals surface area contributed by atoms with Gasteiger partial charge in [-0.1, -0.05) is 54.1 Å². The van der Waals surface area contributed by atoms with Crippen LogP contribution in [0.3, 0.4) is 0 Å². The molecular weight excluding hydrogens is 346 g/mol. The summed E-state index contributed by atoms with van der Waals surface area (Å²) >= 11 is 5.88. The monoisotopic (exact) mass is 365 g/mol. The largest absolute Gasteiger partial charge is 0.380 e. The van der Waals surface area contributed by atoms with Gasteiger partial charge in [0.25, 0.3) is 5.91 Å². The molecule has 0 unspecified atom stereocenters. The maximum Gasteiger partial charge on any atom is 0.269 e. The summed E-state index contributed by atoms with van der Waals surface area (Å²) in [6.45, 7) is 1.25. The van der Waals surface area contributed by atoms with Gasteiger partial charge in [-0.25, -0.2) is 4.98 Å². The van der Waals surface area contributed by atoms with Gasteiger partial charge in [-0.3, -0.25) is 4.79 Å². The quantitative estimate of drug-likeness (QED) is 0.655. The summed E-state index contributed by atoms with van der Waals surface area (Å²) < 4.78 is 0. The second kappa shape index (κ2) is 9.02. The minimum Gasteiger partial charge on any atom is -0.380 e. The summed E-state index contributed by atoms with van der Waals surface area (Å²) in [6, 6.07) is 21.3. The lowest BCUT2D eigenvalue weighted by atomic mass is 10.1. The smallest absolute Gasteiger partial charge is 0.269 e. The van der Waals surface area contributed by atoms with Crippen molar-refractivity contribution in [2.45, 2.75) is 13.0 Å². The van der Waals surface area contributed by atoms with Crippen molar-refractivity contribution in [2.75, 3.05) is 11.9 Å². The van der Waals surface area contributed by atoms with E-state index < -0.39 is 0 Å². The first kappa shape index (κ1) is 18.0. The number of carbonyl (C=O) groups is 1. The third kappa shape index (κ3) is 5.33. The van der Waals surface area contributed by atoms with Crippen molar-refractivity contribution in [3.8, 4) is 0 Å². The third-order valence-corrected chi connectivity index (χ3v) is 4.20. The van der Waals surface area contributed by atoms with Gasteiger partial charge in [-0.15, -0.1) is 0 Å². The Morgan fingerprint density at radius 2 is 1.69 bits per heavy atom. The van der Waals surface area contributed by atoms with E-state index in [0.717, 1.165) is 22.7 Å². The summed E-state index contributed by atoms with van der Waals surface area (Å²) in [6.07, 6.45) is 2.47. The van der Waals surface area contributed by atoms with Gasteiger partial charge in [0.2, 0.25) is 0 Å². The van der Waals surface area contributed by atoms with Crippen LogP contribution in [0.15, 0.2) is 72.9 Å². The predicted molar refractivity (Wildman–Crippen MR) is 105 cm³/mol. The maximum absolute atomic E-state index is 12.2. The fraction of sp³-hybridized carbons (Fsp3) is 0.143. The number of aromatic nitrogens is 1. The SMILES string of the molecule is O=C(NCCc1ccccc1)c1ccc(NCc2ccc(Cl)cc2)cn1. The summed E-state index contributed by atoms with van der Waals surface area (Å²) in [4.78, 5) is 16.4. The average molecular weight is 366 g/mol. The number of amides is 1. The van der Waals surface area contributed by atoms with Crippen LogP contribution in [-0.2, 0) is 13.0 Å². The van der Waals surface area contributed by atoms with Gasteiger partial charge in [-0.2, -0.15) is 0 Å². The molecule has 1 aromatic heterocycles. The molecule has 3 rings (SSSR count). The maximum atomic E-state index is 12.2. The number of hydrogen-bond acceptors (Lipinski definition) is 3. The van der Waals surface area contributed by atoms with Gasteiger partial charge in [0.15, 0.2) is 0 Å². The van der Waals surface area contributed by atoms with Gasteiger partial charge in [0.1, 0.15) is 5.69 Å². The van der Waals surface area contributed by atoms with Gasteiger partial charge in [0.05, 0.1) is 11.9 Å². The van der Waals surface area contributed by atoms with Gasteiger partial charge in [-0.05, 0) is 41.8 Å². The van der Waals surface area contributed by atoms with Gasteiger partial charge >= 0.3 is 0 Å². The summed E-state index contributed by atoms with van der Waals surface area (Å²) in [5.41, 5.74) is 3.59. The third-order valence-electron chi connectivity index (χ3n) is 3.95.